The van der Waals surface area contributed by atoms with Crippen molar-refractivity contribution in [3.8, 4) is 11.5 Å². The van der Waals surface area contributed by atoms with E-state index in [2.05, 4.69) is 0 Å². The molecular formula is C18H17ClO5. The quantitative estimate of drug-likeness (QED) is 0.556. The van der Waals surface area contributed by atoms with Crippen LogP contribution < -0.4 is 0 Å². The molecule has 2 aromatic rings. The first-order valence-corrected chi connectivity index (χ1v) is 8.00. The molecule has 2 heterocycles. The van der Waals surface area contributed by atoms with Crippen LogP contribution in [-0.4, -0.2) is 22.3 Å². The average Bonchev–Trinajstić information content (AvgIpc) is 2.96. The maximum Gasteiger partial charge on any atom is 0.342 e. The minimum atomic E-state index is -0.684. The lowest BCUT2D eigenvalue weighted by atomic mass is 10.0. The van der Waals surface area contributed by atoms with Crippen LogP contribution in [0.15, 0.2) is 34.8 Å². The second kappa shape index (κ2) is 6.61. The van der Waals surface area contributed by atoms with Crippen molar-refractivity contribution in [3.63, 3.8) is 0 Å². The number of carbonyl (C=O) groups excluding carboxylic acids is 1. The van der Waals surface area contributed by atoms with Gasteiger partial charge in [0.25, 0.3) is 0 Å². The summed E-state index contributed by atoms with van der Waals surface area (Å²) < 4.78 is 11.1. The van der Waals surface area contributed by atoms with Crippen LogP contribution in [0.4, 0.5) is 0 Å². The zero-order chi connectivity index (χ0) is 17.3. The molecule has 6 heteroatoms. The molecule has 2 bridgehead atoms. The minimum absolute atomic E-state index is 0.00153. The van der Waals surface area contributed by atoms with E-state index in [-0.39, 0.29) is 40.2 Å². The molecule has 0 saturated carbocycles. The number of ether oxygens (including phenoxy) is 1. The number of esters is 1. The molecule has 0 fully saturated rings. The van der Waals surface area contributed by atoms with Gasteiger partial charge in [-0.3, -0.25) is 0 Å². The Balaban J connectivity index is 2.13. The molecule has 0 aliphatic carbocycles. The highest BCUT2D eigenvalue weighted by atomic mass is 35.5. The number of benzene rings is 1. The topological polar surface area (TPSA) is 79.9 Å². The fourth-order valence-corrected chi connectivity index (χ4v) is 2.87. The van der Waals surface area contributed by atoms with E-state index >= 15 is 0 Å². The summed E-state index contributed by atoms with van der Waals surface area (Å²) in [7, 11) is 0. The molecule has 1 aliphatic heterocycles. The molecule has 5 nitrogen and oxygen atoms in total. The summed E-state index contributed by atoms with van der Waals surface area (Å²) in [5, 5.41) is 20.0. The Bertz CT molecular complexity index is 806. The van der Waals surface area contributed by atoms with Crippen molar-refractivity contribution in [1.82, 2.24) is 0 Å². The fourth-order valence-electron chi connectivity index (χ4n) is 2.66. The second-order valence-electron chi connectivity index (χ2n) is 5.75. The van der Waals surface area contributed by atoms with Gasteiger partial charge >= 0.3 is 5.97 Å². The molecule has 0 spiro atoms. The first-order valence-electron chi connectivity index (χ1n) is 7.62. The van der Waals surface area contributed by atoms with E-state index in [4.69, 9.17) is 20.8 Å². The lowest BCUT2D eigenvalue weighted by Crippen LogP contribution is -2.16. The molecule has 1 atom stereocenters. The predicted molar refractivity (Wildman–Crippen MR) is 88.6 cm³/mol. The van der Waals surface area contributed by atoms with Crippen LogP contribution in [0.1, 0.15) is 40.8 Å². The van der Waals surface area contributed by atoms with Crippen LogP contribution in [0.25, 0.3) is 0 Å². The van der Waals surface area contributed by atoms with Gasteiger partial charge in [0.05, 0.1) is 5.02 Å². The Morgan fingerprint density at radius 3 is 2.71 bits per heavy atom. The lowest BCUT2D eigenvalue weighted by molar-refractivity contribution is 0.0343. The number of phenolic OH excluding ortho intramolecular Hbond substituents is 2. The number of cyclic esters (lactones) is 1. The predicted octanol–water partition coefficient (Wildman–Crippen LogP) is 3.98. The van der Waals surface area contributed by atoms with Crippen LogP contribution in [0.2, 0.25) is 5.02 Å². The van der Waals surface area contributed by atoms with Gasteiger partial charge < -0.3 is 19.4 Å². The number of furan rings is 1. The van der Waals surface area contributed by atoms with Gasteiger partial charge in [-0.1, -0.05) is 23.8 Å². The van der Waals surface area contributed by atoms with Crippen molar-refractivity contribution >= 4 is 17.6 Å². The molecule has 1 unspecified atom stereocenters. The summed E-state index contributed by atoms with van der Waals surface area (Å²) >= 11 is 6.16. The molecule has 2 N–H and O–H groups in total. The summed E-state index contributed by atoms with van der Waals surface area (Å²) in [5.41, 5.74) is 0.227. The average molecular weight is 349 g/mol. The second-order valence-corrected chi connectivity index (χ2v) is 6.13. The zero-order valence-electron chi connectivity index (χ0n) is 13.1. The van der Waals surface area contributed by atoms with Crippen molar-refractivity contribution in [2.24, 2.45) is 0 Å². The SMILES string of the molecule is CC1CC=CCc2ccc(o2)Cc2c(Cl)c(O)cc(O)c2C(=O)O1. The highest BCUT2D eigenvalue weighted by Crippen LogP contribution is 2.38. The molecule has 0 radical (unpaired) electrons. The molecule has 3 rings (SSSR count). The molecule has 126 valence electrons. The number of carbonyl (C=O) groups is 1. The van der Waals surface area contributed by atoms with Gasteiger partial charge in [0.1, 0.15) is 34.7 Å². The van der Waals surface area contributed by atoms with E-state index in [1.54, 1.807) is 13.0 Å². The molecule has 1 aromatic carbocycles. The Labute approximate surface area is 144 Å². The number of halogens is 1. The smallest absolute Gasteiger partial charge is 0.342 e. The molecule has 0 saturated heterocycles. The molecule has 1 aromatic heterocycles. The van der Waals surface area contributed by atoms with E-state index < -0.39 is 5.97 Å². The van der Waals surface area contributed by atoms with Crippen molar-refractivity contribution in [2.75, 3.05) is 0 Å². The number of hydrogen-bond donors (Lipinski definition) is 2. The van der Waals surface area contributed by atoms with Crippen LogP contribution >= 0.6 is 11.6 Å². The fraction of sp³-hybridized carbons (Fsp3) is 0.278. The van der Waals surface area contributed by atoms with E-state index in [0.717, 1.165) is 11.8 Å². The monoisotopic (exact) mass is 348 g/mol. The van der Waals surface area contributed by atoms with E-state index in [0.29, 0.717) is 18.6 Å². The third-order valence-electron chi connectivity index (χ3n) is 3.86. The number of hydrogen-bond acceptors (Lipinski definition) is 5. The summed E-state index contributed by atoms with van der Waals surface area (Å²) in [4.78, 5) is 12.5. The maximum absolute atomic E-state index is 12.5. The van der Waals surface area contributed by atoms with Gasteiger partial charge in [-0.2, -0.15) is 0 Å². The van der Waals surface area contributed by atoms with Crippen LogP contribution in [0.5, 0.6) is 11.5 Å². The Kier molecular flexibility index (Phi) is 4.53. The molecule has 0 amide bonds. The van der Waals surface area contributed by atoms with Crippen molar-refractivity contribution < 1.29 is 24.2 Å². The Morgan fingerprint density at radius 1 is 1.17 bits per heavy atom. The van der Waals surface area contributed by atoms with Crippen molar-refractivity contribution in [1.29, 1.82) is 0 Å². The van der Waals surface area contributed by atoms with E-state index in [1.807, 2.05) is 18.2 Å². The molecule has 1 aliphatic rings. The number of fused-ring (bicyclic) bond motifs is 3. The maximum atomic E-state index is 12.5. The van der Waals surface area contributed by atoms with Crippen LogP contribution in [0, 0.1) is 0 Å². The minimum Gasteiger partial charge on any atom is -0.507 e. The normalized spacial score (nSPS) is 18.1. The van der Waals surface area contributed by atoms with Gasteiger partial charge in [0, 0.05) is 30.9 Å². The van der Waals surface area contributed by atoms with E-state index in [9.17, 15) is 15.0 Å². The number of allylic oxidation sites excluding steroid dienone is 1. The summed E-state index contributed by atoms with van der Waals surface area (Å²) in [6.07, 6.45) is 4.84. The first-order chi connectivity index (χ1) is 11.5. The lowest BCUT2D eigenvalue weighted by Gasteiger charge is -2.16. The van der Waals surface area contributed by atoms with Gasteiger partial charge in [-0.05, 0) is 19.1 Å². The first kappa shape index (κ1) is 16.5. The highest BCUT2D eigenvalue weighted by molar-refractivity contribution is 6.33. The largest absolute Gasteiger partial charge is 0.507 e. The third-order valence-corrected chi connectivity index (χ3v) is 4.28. The standard InChI is InChI=1S/C18H17ClO5/c1-10-4-2-3-5-11-6-7-12(24-11)8-13-16(18(22)23-10)14(20)9-15(21)17(13)19/h2-3,6-7,9-10,20-21H,4-5,8H2,1H3. The third kappa shape index (κ3) is 3.26. The Morgan fingerprint density at radius 2 is 1.92 bits per heavy atom. The van der Waals surface area contributed by atoms with Crippen molar-refractivity contribution in [2.45, 2.75) is 32.3 Å². The summed E-state index contributed by atoms with van der Waals surface area (Å²) in [5.74, 6) is -0.00163. The summed E-state index contributed by atoms with van der Waals surface area (Å²) in [6.45, 7) is 1.77. The highest BCUT2D eigenvalue weighted by Gasteiger charge is 2.25. The number of aromatic hydroxyl groups is 2. The van der Waals surface area contributed by atoms with Gasteiger partial charge in [-0.25, -0.2) is 4.79 Å². The molecular weight excluding hydrogens is 332 g/mol. The number of rotatable bonds is 0. The number of phenols is 2. The van der Waals surface area contributed by atoms with Gasteiger partial charge in [0.2, 0.25) is 0 Å². The Hall–Kier alpha value is -2.40. The van der Waals surface area contributed by atoms with Crippen LogP contribution in [-0.2, 0) is 17.6 Å². The zero-order valence-corrected chi connectivity index (χ0v) is 13.8. The van der Waals surface area contributed by atoms with Crippen molar-refractivity contribution in [3.05, 3.63) is 58.0 Å². The molecule has 24 heavy (non-hydrogen) atoms. The van der Waals surface area contributed by atoms with Gasteiger partial charge in [0.15, 0.2) is 0 Å². The van der Waals surface area contributed by atoms with E-state index in [1.165, 1.54) is 0 Å². The van der Waals surface area contributed by atoms with Crippen LogP contribution in [0.3, 0.4) is 0 Å². The van der Waals surface area contributed by atoms with Gasteiger partial charge in [-0.15, -0.1) is 0 Å². The summed E-state index contributed by atoms with van der Waals surface area (Å²) in [6, 6.07) is 4.67.